The zero-order valence-corrected chi connectivity index (χ0v) is 14.9. The molecule has 0 heterocycles. The summed E-state index contributed by atoms with van der Waals surface area (Å²) in [5, 5.41) is 15.4. The lowest BCUT2D eigenvalue weighted by Crippen LogP contribution is -2.49. The van der Waals surface area contributed by atoms with E-state index in [0.717, 1.165) is 0 Å². The maximum absolute atomic E-state index is 12.2. The first-order valence-electron chi connectivity index (χ1n) is 8.55. The number of carbonyl (C=O) groups is 3. The molecule has 0 aliphatic rings. The highest BCUT2D eigenvalue weighted by Crippen LogP contribution is 2.17. The summed E-state index contributed by atoms with van der Waals surface area (Å²) in [7, 11) is 0. The minimum Gasteiger partial charge on any atom is -0.464 e. The van der Waals surface area contributed by atoms with Crippen LogP contribution in [0.2, 0.25) is 0 Å². The third-order valence-electron chi connectivity index (χ3n) is 3.76. The van der Waals surface area contributed by atoms with Crippen LogP contribution in [0, 0.1) is 0 Å². The molecule has 3 N–H and O–H groups in total. The summed E-state index contributed by atoms with van der Waals surface area (Å²) < 4.78 is 4.94. The van der Waals surface area contributed by atoms with E-state index in [9.17, 15) is 19.5 Å². The van der Waals surface area contributed by atoms with Gasteiger partial charge in [0.2, 0.25) is 5.91 Å². The van der Waals surface area contributed by atoms with Gasteiger partial charge in [-0.1, -0.05) is 48.5 Å². The minimum atomic E-state index is -1.28. The number of esters is 1. The van der Waals surface area contributed by atoms with Crippen molar-refractivity contribution in [3.63, 3.8) is 0 Å². The average Bonchev–Trinajstić information content (AvgIpc) is 2.71. The van der Waals surface area contributed by atoms with Gasteiger partial charge in [-0.3, -0.25) is 9.59 Å². The Hall–Kier alpha value is -3.19. The van der Waals surface area contributed by atoms with Crippen molar-refractivity contribution in [3.8, 4) is 0 Å². The van der Waals surface area contributed by atoms with Crippen LogP contribution in [0.3, 0.4) is 0 Å². The van der Waals surface area contributed by atoms with Crippen molar-refractivity contribution in [1.82, 2.24) is 10.6 Å². The highest BCUT2D eigenvalue weighted by molar-refractivity contribution is 5.96. The Morgan fingerprint density at radius 1 is 1.00 bits per heavy atom. The fourth-order valence-corrected chi connectivity index (χ4v) is 2.42. The second-order valence-electron chi connectivity index (χ2n) is 5.70. The van der Waals surface area contributed by atoms with Crippen LogP contribution in [0.4, 0.5) is 0 Å². The van der Waals surface area contributed by atoms with Gasteiger partial charge in [0.25, 0.3) is 5.91 Å². The molecule has 0 aliphatic heterocycles. The van der Waals surface area contributed by atoms with Crippen LogP contribution in [0.15, 0.2) is 60.7 Å². The minimum absolute atomic E-state index is 0.109. The van der Waals surface area contributed by atoms with Crippen LogP contribution < -0.4 is 10.6 Å². The molecule has 0 aromatic heterocycles. The topological polar surface area (TPSA) is 105 Å². The third kappa shape index (κ3) is 5.93. The second kappa shape index (κ2) is 10.1. The number of hydrogen-bond acceptors (Lipinski definition) is 5. The lowest BCUT2D eigenvalue weighted by atomic mass is 10.0. The maximum atomic E-state index is 12.2. The fraction of sp³-hybridized carbons (Fsp3) is 0.250. The van der Waals surface area contributed by atoms with Gasteiger partial charge in [0.15, 0.2) is 6.04 Å². The van der Waals surface area contributed by atoms with Crippen LogP contribution in [0.1, 0.15) is 28.9 Å². The van der Waals surface area contributed by atoms with E-state index in [2.05, 4.69) is 10.6 Å². The van der Waals surface area contributed by atoms with E-state index in [1.807, 2.05) is 0 Å². The van der Waals surface area contributed by atoms with E-state index in [1.165, 1.54) is 0 Å². The SMILES string of the molecule is CCOC(=O)C(NC(=O)CNC(=O)c1ccccc1)C(O)c1ccccc1. The van der Waals surface area contributed by atoms with Crippen molar-refractivity contribution in [2.45, 2.75) is 19.1 Å². The Labute approximate surface area is 157 Å². The monoisotopic (exact) mass is 370 g/mol. The van der Waals surface area contributed by atoms with Gasteiger partial charge in [-0.2, -0.15) is 0 Å². The average molecular weight is 370 g/mol. The predicted molar refractivity (Wildman–Crippen MR) is 98.7 cm³/mol. The number of rotatable bonds is 8. The quantitative estimate of drug-likeness (QED) is 0.606. The Kier molecular flexibility index (Phi) is 7.51. The van der Waals surface area contributed by atoms with Gasteiger partial charge in [-0.05, 0) is 24.6 Å². The second-order valence-corrected chi connectivity index (χ2v) is 5.70. The molecule has 2 unspecified atom stereocenters. The van der Waals surface area contributed by atoms with E-state index < -0.39 is 29.9 Å². The molecule has 0 spiro atoms. The van der Waals surface area contributed by atoms with Crippen molar-refractivity contribution < 1.29 is 24.2 Å². The largest absolute Gasteiger partial charge is 0.464 e. The molecule has 2 aromatic carbocycles. The zero-order valence-electron chi connectivity index (χ0n) is 14.9. The van der Waals surface area contributed by atoms with Crippen molar-refractivity contribution in [2.24, 2.45) is 0 Å². The summed E-state index contributed by atoms with van der Waals surface area (Å²) in [6.07, 6.45) is -1.28. The molecule has 0 saturated heterocycles. The maximum Gasteiger partial charge on any atom is 0.331 e. The number of hydrogen-bond donors (Lipinski definition) is 3. The van der Waals surface area contributed by atoms with Crippen LogP contribution in [-0.2, 0) is 14.3 Å². The fourth-order valence-electron chi connectivity index (χ4n) is 2.42. The van der Waals surface area contributed by atoms with Gasteiger partial charge >= 0.3 is 5.97 Å². The molecule has 0 radical (unpaired) electrons. The lowest BCUT2D eigenvalue weighted by Gasteiger charge is -2.23. The first-order valence-corrected chi connectivity index (χ1v) is 8.55. The van der Waals surface area contributed by atoms with Crippen LogP contribution in [-0.4, -0.2) is 42.1 Å². The Morgan fingerprint density at radius 2 is 1.59 bits per heavy atom. The summed E-state index contributed by atoms with van der Waals surface area (Å²) in [4.78, 5) is 36.4. The highest BCUT2D eigenvalue weighted by Gasteiger charge is 2.31. The van der Waals surface area contributed by atoms with Crippen molar-refractivity contribution in [3.05, 3.63) is 71.8 Å². The standard InChI is InChI=1S/C20H22N2O5/c1-2-27-20(26)17(18(24)14-9-5-3-6-10-14)22-16(23)13-21-19(25)15-11-7-4-8-12-15/h3-12,17-18,24H,2,13H2,1H3,(H,21,25)(H,22,23). The normalized spacial score (nSPS) is 12.5. The van der Waals surface area contributed by atoms with E-state index in [0.29, 0.717) is 11.1 Å². The lowest BCUT2D eigenvalue weighted by molar-refractivity contribution is -0.150. The zero-order chi connectivity index (χ0) is 19.6. The van der Waals surface area contributed by atoms with Crippen molar-refractivity contribution >= 4 is 17.8 Å². The smallest absolute Gasteiger partial charge is 0.331 e. The number of benzene rings is 2. The van der Waals surface area contributed by atoms with Gasteiger partial charge in [-0.15, -0.1) is 0 Å². The van der Waals surface area contributed by atoms with Crippen LogP contribution in [0.5, 0.6) is 0 Å². The predicted octanol–water partition coefficient (Wildman–Crippen LogP) is 1.20. The summed E-state index contributed by atoms with van der Waals surface area (Å²) in [5.74, 6) is -1.79. The molecule has 2 amide bonds. The number of carbonyl (C=O) groups excluding carboxylic acids is 3. The van der Waals surface area contributed by atoms with Crippen LogP contribution >= 0.6 is 0 Å². The number of ether oxygens (including phenoxy) is 1. The van der Waals surface area contributed by atoms with Crippen LogP contribution in [0.25, 0.3) is 0 Å². The Bertz CT molecular complexity index is 764. The summed E-state index contributed by atoms with van der Waals surface area (Å²) in [5.41, 5.74) is 0.876. The molecular weight excluding hydrogens is 348 g/mol. The molecule has 142 valence electrons. The molecule has 7 heteroatoms. The molecule has 0 fully saturated rings. The molecule has 0 saturated carbocycles. The van der Waals surface area contributed by atoms with Gasteiger partial charge in [-0.25, -0.2) is 4.79 Å². The summed E-state index contributed by atoms with van der Waals surface area (Å²) in [6, 6.07) is 15.6. The third-order valence-corrected chi connectivity index (χ3v) is 3.76. The molecule has 7 nitrogen and oxygen atoms in total. The van der Waals surface area contributed by atoms with Gasteiger partial charge < -0.3 is 20.5 Å². The molecule has 2 atom stereocenters. The molecular formula is C20H22N2O5. The number of amides is 2. The van der Waals surface area contributed by atoms with Crippen molar-refractivity contribution in [1.29, 1.82) is 0 Å². The molecule has 0 aliphatic carbocycles. The number of aliphatic hydroxyl groups excluding tert-OH is 1. The van der Waals surface area contributed by atoms with Gasteiger partial charge in [0, 0.05) is 5.56 Å². The molecule has 2 aromatic rings. The van der Waals surface area contributed by atoms with E-state index in [-0.39, 0.29) is 13.2 Å². The molecule has 0 bridgehead atoms. The molecule has 27 heavy (non-hydrogen) atoms. The first-order chi connectivity index (χ1) is 13.0. The summed E-state index contributed by atoms with van der Waals surface area (Å²) in [6.45, 7) is 1.40. The molecule has 2 rings (SSSR count). The highest BCUT2D eigenvalue weighted by atomic mass is 16.5. The van der Waals surface area contributed by atoms with Gasteiger partial charge in [0.05, 0.1) is 13.2 Å². The first kappa shape index (κ1) is 20.1. The Balaban J connectivity index is 2.00. The van der Waals surface area contributed by atoms with Crippen molar-refractivity contribution in [2.75, 3.05) is 13.2 Å². The number of aliphatic hydroxyl groups is 1. The van der Waals surface area contributed by atoms with E-state index >= 15 is 0 Å². The van der Waals surface area contributed by atoms with E-state index in [4.69, 9.17) is 4.74 Å². The van der Waals surface area contributed by atoms with E-state index in [1.54, 1.807) is 67.6 Å². The van der Waals surface area contributed by atoms with Gasteiger partial charge in [0.1, 0.15) is 6.10 Å². The summed E-state index contributed by atoms with van der Waals surface area (Å²) >= 11 is 0. The number of nitrogens with one attached hydrogen (secondary N) is 2. The Morgan fingerprint density at radius 3 is 2.19 bits per heavy atom.